The Labute approximate surface area is 207 Å². The maximum Gasteiger partial charge on any atom is 0.416 e. The first-order chi connectivity index (χ1) is 16.9. The highest BCUT2D eigenvalue weighted by molar-refractivity contribution is 7.92. The second kappa shape index (κ2) is 11.5. The zero-order valence-corrected chi connectivity index (χ0v) is 20.6. The van der Waals surface area contributed by atoms with Crippen molar-refractivity contribution in [1.82, 2.24) is 10.4 Å². The second-order valence-corrected chi connectivity index (χ2v) is 10.3. The molecular weight excluding hydrogens is 503 g/mol. The van der Waals surface area contributed by atoms with Crippen LogP contribution in [0.2, 0.25) is 0 Å². The van der Waals surface area contributed by atoms with Crippen LogP contribution >= 0.6 is 0 Å². The minimum Gasteiger partial charge on any atom is -0.457 e. The Bertz CT molecular complexity index is 1130. The van der Waals surface area contributed by atoms with Crippen molar-refractivity contribution in [3.05, 3.63) is 54.1 Å². The van der Waals surface area contributed by atoms with Crippen LogP contribution in [0.3, 0.4) is 0 Å². The molecule has 13 heteroatoms. The van der Waals surface area contributed by atoms with Crippen LogP contribution in [0.15, 0.2) is 48.5 Å². The number of rotatable bonds is 10. The van der Waals surface area contributed by atoms with Gasteiger partial charge in [-0.15, -0.1) is 0 Å². The van der Waals surface area contributed by atoms with Gasteiger partial charge in [-0.1, -0.05) is 0 Å². The molecule has 36 heavy (non-hydrogen) atoms. The number of carbonyl (C=O) groups is 1. The highest BCUT2D eigenvalue weighted by Gasteiger charge is 2.37. The molecule has 2 aromatic carbocycles. The van der Waals surface area contributed by atoms with E-state index in [1.54, 1.807) is 5.48 Å². The van der Waals surface area contributed by atoms with Crippen LogP contribution < -0.4 is 14.5 Å². The van der Waals surface area contributed by atoms with E-state index in [2.05, 4.69) is 0 Å². The molecule has 0 aliphatic carbocycles. The predicted molar refractivity (Wildman–Crippen MR) is 125 cm³/mol. The SMILES string of the molecule is COC[C@@H]1CCCN1[C@@H](CN(c1ccc(Oc2ccc(C(F)(F)F)cc2)cc1)S(C)(=O)=O)C(=O)NO. The molecular formula is C23H28F3N3O6S. The lowest BCUT2D eigenvalue weighted by Crippen LogP contribution is -2.55. The molecule has 1 heterocycles. The lowest BCUT2D eigenvalue weighted by Gasteiger charge is -2.35. The fourth-order valence-corrected chi connectivity index (χ4v) is 5.09. The zero-order chi connectivity index (χ0) is 26.5. The zero-order valence-electron chi connectivity index (χ0n) is 19.7. The molecule has 0 radical (unpaired) electrons. The first kappa shape index (κ1) is 27.7. The average Bonchev–Trinajstić information content (AvgIpc) is 3.27. The van der Waals surface area contributed by atoms with Gasteiger partial charge >= 0.3 is 6.18 Å². The average molecular weight is 532 g/mol. The minimum atomic E-state index is -4.46. The molecule has 0 saturated carbocycles. The molecule has 1 aliphatic heterocycles. The van der Waals surface area contributed by atoms with E-state index in [9.17, 15) is 31.6 Å². The van der Waals surface area contributed by atoms with Gasteiger partial charge in [0, 0.05) is 13.2 Å². The van der Waals surface area contributed by atoms with Crippen molar-refractivity contribution < 1.29 is 41.1 Å². The van der Waals surface area contributed by atoms with E-state index in [4.69, 9.17) is 9.47 Å². The molecule has 3 rings (SSSR count). The number of hydrogen-bond acceptors (Lipinski definition) is 7. The summed E-state index contributed by atoms with van der Waals surface area (Å²) in [6, 6.07) is 8.94. The lowest BCUT2D eigenvalue weighted by atomic mass is 10.1. The molecule has 0 bridgehead atoms. The number of hydrogen-bond donors (Lipinski definition) is 2. The quantitative estimate of drug-likeness (QED) is 0.358. The van der Waals surface area contributed by atoms with Gasteiger partial charge in [0.1, 0.15) is 17.5 Å². The summed E-state index contributed by atoms with van der Waals surface area (Å²) in [6.45, 7) is 0.623. The smallest absolute Gasteiger partial charge is 0.416 e. The van der Waals surface area contributed by atoms with Crippen molar-refractivity contribution in [3.63, 3.8) is 0 Å². The minimum absolute atomic E-state index is 0.113. The normalized spacial score (nSPS) is 17.6. The second-order valence-electron chi connectivity index (χ2n) is 8.39. The number of alkyl halides is 3. The highest BCUT2D eigenvalue weighted by Crippen LogP contribution is 2.32. The van der Waals surface area contributed by atoms with Crippen LogP contribution in [-0.2, 0) is 25.7 Å². The van der Waals surface area contributed by atoms with Gasteiger partial charge in [-0.05, 0) is 67.9 Å². The first-order valence-corrected chi connectivity index (χ1v) is 12.9. The van der Waals surface area contributed by atoms with Crippen molar-refractivity contribution >= 4 is 21.6 Å². The van der Waals surface area contributed by atoms with E-state index in [0.717, 1.165) is 35.5 Å². The van der Waals surface area contributed by atoms with Gasteiger partial charge in [-0.25, -0.2) is 13.9 Å². The summed E-state index contributed by atoms with van der Waals surface area (Å²) in [7, 11) is -2.30. The van der Waals surface area contributed by atoms with Crippen LogP contribution in [0.1, 0.15) is 18.4 Å². The van der Waals surface area contributed by atoms with Crippen LogP contribution in [-0.4, -0.2) is 69.6 Å². The van der Waals surface area contributed by atoms with Crippen molar-refractivity contribution in [2.75, 3.05) is 37.4 Å². The summed E-state index contributed by atoms with van der Waals surface area (Å²) in [5, 5.41) is 9.30. The Kier molecular flexibility index (Phi) is 8.82. The molecule has 0 spiro atoms. The number of amides is 1. The maximum atomic E-state index is 12.7. The Hall–Kier alpha value is -2.87. The summed E-state index contributed by atoms with van der Waals surface area (Å²) >= 11 is 0. The fraction of sp³-hybridized carbons (Fsp3) is 0.435. The predicted octanol–water partition coefficient (Wildman–Crippen LogP) is 3.25. The number of anilines is 1. The largest absolute Gasteiger partial charge is 0.457 e. The summed E-state index contributed by atoms with van der Waals surface area (Å²) in [4.78, 5) is 14.3. The van der Waals surface area contributed by atoms with Gasteiger partial charge in [0.25, 0.3) is 5.91 Å². The molecule has 0 unspecified atom stereocenters. The molecule has 2 atom stereocenters. The van der Waals surface area contributed by atoms with Crippen LogP contribution in [0, 0.1) is 0 Å². The van der Waals surface area contributed by atoms with Gasteiger partial charge < -0.3 is 9.47 Å². The van der Waals surface area contributed by atoms with Crippen molar-refractivity contribution in [2.24, 2.45) is 0 Å². The third-order valence-corrected chi connectivity index (χ3v) is 7.04. The van der Waals surface area contributed by atoms with E-state index >= 15 is 0 Å². The van der Waals surface area contributed by atoms with Crippen molar-refractivity contribution in [2.45, 2.75) is 31.1 Å². The van der Waals surface area contributed by atoms with Gasteiger partial charge in [-0.2, -0.15) is 13.2 Å². The maximum absolute atomic E-state index is 12.7. The fourth-order valence-electron chi connectivity index (χ4n) is 4.17. The summed E-state index contributed by atoms with van der Waals surface area (Å²) < 4.78 is 75.4. The van der Waals surface area contributed by atoms with E-state index < -0.39 is 33.7 Å². The highest BCUT2D eigenvalue weighted by atomic mass is 32.2. The molecule has 0 aromatic heterocycles. The molecule has 198 valence electrons. The third-order valence-electron chi connectivity index (χ3n) is 5.88. The number of ether oxygens (including phenoxy) is 2. The Balaban J connectivity index is 1.81. The van der Waals surface area contributed by atoms with Gasteiger partial charge in [0.15, 0.2) is 0 Å². The number of nitrogens with zero attached hydrogens (tertiary/aromatic N) is 2. The molecule has 1 aliphatic rings. The number of likely N-dealkylation sites (tertiary alicyclic amines) is 1. The molecule has 2 aromatic rings. The summed E-state index contributed by atoms with van der Waals surface area (Å²) in [6.07, 6.45) is -1.90. The van der Waals surface area contributed by atoms with Crippen molar-refractivity contribution in [1.29, 1.82) is 0 Å². The van der Waals surface area contributed by atoms with E-state index in [1.165, 1.54) is 43.5 Å². The van der Waals surface area contributed by atoms with E-state index in [1.807, 2.05) is 4.90 Å². The monoisotopic (exact) mass is 531 g/mol. The summed E-state index contributed by atoms with van der Waals surface area (Å²) in [5.41, 5.74) is 1.07. The Morgan fingerprint density at radius 1 is 1.17 bits per heavy atom. The standard InChI is InChI=1S/C23H28F3N3O6S/c1-34-15-18-4-3-13-28(18)21(22(30)27-31)14-29(36(2,32)33)17-7-11-20(12-8-17)35-19-9-5-16(6-10-19)23(24,25)26/h5-12,18,21,31H,3-4,13-15H2,1-2H3,(H,27,30)/t18-,21-/m0/s1. The molecule has 9 nitrogen and oxygen atoms in total. The third kappa shape index (κ3) is 6.87. The Morgan fingerprint density at radius 2 is 1.75 bits per heavy atom. The molecule has 1 saturated heterocycles. The number of hydroxylamine groups is 1. The first-order valence-electron chi connectivity index (χ1n) is 11.1. The number of nitrogens with one attached hydrogen (secondary N) is 1. The van der Waals surface area contributed by atoms with Crippen molar-refractivity contribution in [3.8, 4) is 11.5 Å². The van der Waals surface area contributed by atoms with Gasteiger partial charge in [0.2, 0.25) is 10.0 Å². The van der Waals surface area contributed by atoms with E-state index in [0.29, 0.717) is 13.2 Å². The van der Waals surface area contributed by atoms with Gasteiger partial charge in [-0.3, -0.25) is 19.2 Å². The number of carbonyl (C=O) groups excluding carboxylic acids is 1. The Morgan fingerprint density at radius 3 is 2.25 bits per heavy atom. The molecule has 1 amide bonds. The number of halogens is 3. The number of benzene rings is 2. The van der Waals surface area contributed by atoms with Crippen LogP contribution in [0.4, 0.5) is 18.9 Å². The summed E-state index contributed by atoms with van der Waals surface area (Å²) in [5.74, 6) is -0.293. The number of sulfonamides is 1. The topological polar surface area (TPSA) is 108 Å². The molecule has 1 fully saturated rings. The number of methoxy groups -OCH3 is 1. The van der Waals surface area contributed by atoms with Crippen LogP contribution in [0.25, 0.3) is 0 Å². The van der Waals surface area contributed by atoms with Gasteiger partial charge in [0.05, 0.1) is 30.7 Å². The van der Waals surface area contributed by atoms with Crippen LogP contribution in [0.5, 0.6) is 11.5 Å². The van der Waals surface area contributed by atoms with E-state index in [-0.39, 0.29) is 29.8 Å². The molecule has 2 N–H and O–H groups in total. The lowest BCUT2D eigenvalue weighted by molar-refractivity contribution is -0.137.